The molecule has 0 amide bonds. The first-order valence-corrected chi connectivity index (χ1v) is 8.25. The third-order valence-electron chi connectivity index (χ3n) is 3.13. The second-order valence-corrected chi connectivity index (χ2v) is 7.26. The number of rotatable bonds is 3. The molecule has 0 N–H and O–H groups in total. The van der Waals surface area contributed by atoms with E-state index < -0.39 is 0 Å². The number of aryl methyl sites for hydroxylation is 2. The Kier molecular flexibility index (Phi) is 3.86. The van der Waals surface area contributed by atoms with E-state index in [0.717, 1.165) is 0 Å². The van der Waals surface area contributed by atoms with Crippen LogP contribution in [0, 0.1) is 13.8 Å². The van der Waals surface area contributed by atoms with Crippen LogP contribution in [0.1, 0.15) is 20.9 Å². The molecule has 0 fully saturated rings. The van der Waals surface area contributed by atoms with Crippen molar-refractivity contribution < 1.29 is 0 Å². The van der Waals surface area contributed by atoms with Crippen molar-refractivity contribution in [1.82, 2.24) is 0 Å². The van der Waals surface area contributed by atoms with Crippen LogP contribution in [-0.2, 0) is 0 Å². The fourth-order valence-corrected chi connectivity index (χ4v) is 3.87. The smallest absolute Gasteiger partial charge is 0.0449 e. The van der Waals surface area contributed by atoms with Gasteiger partial charge in [0.05, 0.1) is 0 Å². The van der Waals surface area contributed by atoms with Gasteiger partial charge in [-0.2, -0.15) is 0 Å². The van der Waals surface area contributed by atoms with Crippen molar-refractivity contribution in [3.05, 3.63) is 69.4 Å². The highest BCUT2D eigenvalue weighted by atomic mass is 32.1. The third kappa shape index (κ3) is 3.09. The van der Waals surface area contributed by atoms with E-state index in [9.17, 15) is 0 Å². The quantitative estimate of drug-likeness (QED) is 0.535. The zero-order valence-electron chi connectivity index (χ0n) is 11.6. The molecule has 3 rings (SSSR count). The molecule has 0 saturated carbocycles. The topological polar surface area (TPSA) is 0 Å². The highest BCUT2D eigenvalue weighted by molar-refractivity contribution is 7.22. The van der Waals surface area contributed by atoms with Crippen molar-refractivity contribution in [2.45, 2.75) is 13.8 Å². The van der Waals surface area contributed by atoms with E-state index in [4.69, 9.17) is 0 Å². The Morgan fingerprint density at radius 3 is 2.10 bits per heavy atom. The predicted octanol–water partition coefficient (Wildman–Crippen LogP) is 6.26. The van der Waals surface area contributed by atoms with E-state index >= 15 is 0 Å². The van der Waals surface area contributed by atoms with Gasteiger partial charge in [-0.05, 0) is 49.8 Å². The fraction of sp³-hybridized carbons (Fsp3) is 0.111. The molecule has 3 aromatic rings. The predicted molar refractivity (Wildman–Crippen MR) is 92.5 cm³/mol. The maximum Gasteiger partial charge on any atom is 0.0449 e. The highest BCUT2D eigenvalue weighted by Crippen LogP contribution is 2.33. The Hall–Kier alpha value is -1.64. The van der Waals surface area contributed by atoms with Gasteiger partial charge in [0, 0.05) is 19.5 Å². The van der Waals surface area contributed by atoms with Gasteiger partial charge in [-0.25, -0.2) is 0 Å². The average Bonchev–Trinajstić information content (AvgIpc) is 3.07. The number of thiophene rings is 2. The van der Waals surface area contributed by atoms with Gasteiger partial charge in [-0.3, -0.25) is 0 Å². The monoisotopic (exact) mass is 296 g/mol. The number of hydrogen-bond acceptors (Lipinski definition) is 2. The van der Waals surface area contributed by atoms with Crippen molar-refractivity contribution >= 4 is 34.8 Å². The van der Waals surface area contributed by atoms with E-state index in [0.29, 0.717) is 0 Å². The summed E-state index contributed by atoms with van der Waals surface area (Å²) in [5, 5.41) is 0. The fourth-order valence-electron chi connectivity index (χ4n) is 2.00. The molecule has 0 aliphatic heterocycles. The summed E-state index contributed by atoms with van der Waals surface area (Å²) < 4.78 is 0. The average molecular weight is 296 g/mol. The molecule has 2 aromatic heterocycles. The molecule has 0 nitrogen and oxygen atoms in total. The van der Waals surface area contributed by atoms with Crippen LogP contribution in [0.4, 0.5) is 0 Å². The van der Waals surface area contributed by atoms with Gasteiger partial charge < -0.3 is 0 Å². The molecular formula is C18H16S2. The first-order chi connectivity index (χ1) is 9.70. The summed E-state index contributed by atoms with van der Waals surface area (Å²) in [7, 11) is 0. The van der Waals surface area contributed by atoms with Crippen molar-refractivity contribution in [2.75, 3.05) is 0 Å². The molecule has 20 heavy (non-hydrogen) atoms. The van der Waals surface area contributed by atoms with Gasteiger partial charge in [0.15, 0.2) is 0 Å². The summed E-state index contributed by atoms with van der Waals surface area (Å²) >= 11 is 3.70. The molecule has 2 heterocycles. The molecule has 0 bridgehead atoms. The zero-order chi connectivity index (χ0) is 13.9. The lowest BCUT2D eigenvalue weighted by Gasteiger charge is -1.94. The maximum atomic E-state index is 2.21. The standard InChI is InChI=1S/C18H16S2/c1-13-3-6-15(7-4-13)8-9-16-10-12-18(20-16)17-11-5-14(2)19-17/h3-12H,1-2H3/b9-8+. The Balaban J connectivity index is 1.78. The normalized spacial score (nSPS) is 11.3. The van der Waals surface area contributed by atoms with Crippen LogP contribution in [0.2, 0.25) is 0 Å². The van der Waals surface area contributed by atoms with E-state index in [1.54, 1.807) is 0 Å². The van der Waals surface area contributed by atoms with Gasteiger partial charge in [0.1, 0.15) is 0 Å². The molecule has 0 spiro atoms. The van der Waals surface area contributed by atoms with Crippen LogP contribution in [0.15, 0.2) is 48.5 Å². The van der Waals surface area contributed by atoms with Gasteiger partial charge in [0.25, 0.3) is 0 Å². The zero-order valence-corrected chi connectivity index (χ0v) is 13.2. The van der Waals surface area contributed by atoms with Crippen LogP contribution >= 0.6 is 22.7 Å². The molecule has 0 unspecified atom stereocenters. The molecule has 2 heteroatoms. The summed E-state index contributed by atoms with van der Waals surface area (Å²) in [6, 6.07) is 17.4. The molecule has 0 aliphatic carbocycles. The summed E-state index contributed by atoms with van der Waals surface area (Å²) in [6.45, 7) is 4.27. The Bertz CT molecular complexity index is 727. The first kappa shape index (κ1) is 13.3. The lowest BCUT2D eigenvalue weighted by Crippen LogP contribution is -1.72. The van der Waals surface area contributed by atoms with Crippen molar-refractivity contribution in [2.24, 2.45) is 0 Å². The molecular weight excluding hydrogens is 280 g/mol. The molecule has 100 valence electrons. The largest absolute Gasteiger partial charge is 0.140 e. The van der Waals surface area contributed by atoms with Gasteiger partial charge in [0.2, 0.25) is 0 Å². The van der Waals surface area contributed by atoms with E-state index in [1.165, 1.54) is 30.6 Å². The van der Waals surface area contributed by atoms with E-state index in [2.05, 4.69) is 74.5 Å². The minimum Gasteiger partial charge on any atom is -0.140 e. The van der Waals surface area contributed by atoms with Gasteiger partial charge in [-0.1, -0.05) is 35.9 Å². The SMILES string of the molecule is Cc1ccc(/C=C/c2ccc(-c3ccc(C)s3)s2)cc1. The Labute approximate surface area is 128 Å². The second kappa shape index (κ2) is 5.78. The molecule has 0 radical (unpaired) electrons. The minimum absolute atomic E-state index is 1.25. The highest BCUT2D eigenvalue weighted by Gasteiger charge is 2.03. The molecule has 0 atom stereocenters. The summed E-state index contributed by atoms with van der Waals surface area (Å²) in [5.41, 5.74) is 2.55. The molecule has 0 saturated heterocycles. The number of hydrogen-bond donors (Lipinski definition) is 0. The van der Waals surface area contributed by atoms with Gasteiger partial charge >= 0.3 is 0 Å². The van der Waals surface area contributed by atoms with Crippen LogP contribution in [0.5, 0.6) is 0 Å². The van der Waals surface area contributed by atoms with Crippen LogP contribution in [0.3, 0.4) is 0 Å². The number of benzene rings is 1. The summed E-state index contributed by atoms with van der Waals surface area (Å²) in [6.07, 6.45) is 4.37. The van der Waals surface area contributed by atoms with Crippen molar-refractivity contribution in [3.8, 4) is 9.75 Å². The first-order valence-electron chi connectivity index (χ1n) is 6.62. The summed E-state index contributed by atoms with van der Waals surface area (Å²) in [4.78, 5) is 5.38. The second-order valence-electron chi connectivity index (χ2n) is 4.86. The minimum atomic E-state index is 1.25. The van der Waals surface area contributed by atoms with E-state index in [1.807, 2.05) is 22.7 Å². The lowest BCUT2D eigenvalue weighted by molar-refractivity contribution is 1.46. The van der Waals surface area contributed by atoms with Crippen LogP contribution < -0.4 is 0 Å². The lowest BCUT2D eigenvalue weighted by atomic mass is 10.1. The summed E-state index contributed by atoms with van der Waals surface area (Å²) in [5.74, 6) is 0. The van der Waals surface area contributed by atoms with E-state index in [-0.39, 0.29) is 0 Å². The molecule has 1 aromatic carbocycles. The van der Waals surface area contributed by atoms with Crippen molar-refractivity contribution in [1.29, 1.82) is 0 Å². The van der Waals surface area contributed by atoms with Crippen LogP contribution in [-0.4, -0.2) is 0 Å². The molecule has 0 aliphatic rings. The Morgan fingerprint density at radius 1 is 0.700 bits per heavy atom. The third-order valence-corrected chi connectivity index (χ3v) is 5.37. The Morgan fingerprint density at radius 2 is 1.40 bits per heavy atom. The maximum absolute atomic E-state index is 2.21. The van der Waals surface area contributed by atoms with Crippen molar-refractivity contribution in [3.63, 3.8) is 0 Å². The van der Waals surface area contributed by atoms with Crippen LogP contribution in [0.25, 0.3) is 21.9 Å². The van der Waals surface area contributed by atoms with Gasteiger partial charge in [-0.15, -0.1) is 22.7 Å².